The van der Waals surface area contributed by atoms with Gasteiger partial charge in [0.1, 0.15) is 5.52 Å². The van der Waals surface area contributed by atoms with Gasteiger partial charge in [0.2, 0.25) is 5.89 Å². The van der Waals surface area contributed by atoms with E-state index in [9.17, 15) is 4.79 Å². The van der Waals surface area contributed by atoms with E-state index in [0.29, 0.717) is 18.4 Å². The van der Waals surface area contributed by atoms with Gasteiger partial charge in [0.05, 0.1) is 24.3 Å². The van der Waals surface area contributed by atoms with Crippen molar-refractivity contribution < 1.29 is 9.32 Å². The van der Waals surface area contributed by atoms with Gasteiger partial charge in [-0.25, -0.2) is 9.50 Å². The van der Waals surface area contributed by atoms with E-state index in [2.05, 4.69) is 30.6 Å². The minimum absolute atomic E-state index is 0.0851. The normalized spacial score (nSPS) is 15.2. The Morgan fingerprint density at radius 2 is 1.97 bits per heavy atom. The van der Waals surface area contributed by atoms with Crippen molar-refractivity contribution in [2.45, 2.75) is 39.0 Å². The number of fused-ring (bicyclic) bond motifs is 1. The van der Waals surface area contributed by atoms with Crippen LogP contribution in [0, 0.1) is 5.92 Å². The van der Waals surface area contributed by atoms with Gasteiger partial charge in [-0.3, -0.25) is 9.48 Å². The van der Waals surface area contributed by atoms with Crippen molar-refractivity contribution in [3.63, 3.8) is 0 Å². The lowest BCUT2D eigenvalue weighted by molar-refractivity contribution is 0.0931. The molecule has 0 spiro atoms. The number of piperidine rings is 1. The van der Waals surface area contributed by atoms with Crippen LogP contribution in [0.15, 0.2) is 35.4 Å². The van der Waals surface area contributed by atoms with E-state index in [1.54, 1.807) is 10.9 Å². The molecule has 1 aliphatic heterocycles. The maximum absolute atomic E-state index is 12.5. The summed E-state index contributed by atoms with van der Waals surface area (Å²) in [5.74, 6) is 1.54. The fourth-order valence-corrected chi connectivity index (χ4v) is 4.12. The Morgan fingerprint density at radius 1 is 1.18 bits per heavy atom. The fourth-order valence-electron chi connectivity index (χ4n) is 4.12. The summed E-state index contributed by atoms with van der Waals surface area (Å²) in [6.45, 7) is 8.18. The number of rotatable bonds is 5. The van der Waals surface area contributed by atoms with E-state index >= 15 is 0 Å². The van der Waals surface area contributed by atoms with Crippen LogP contribution in [0.2, 0.25) is 0 Å². The predicted molar refractivity (Wildman–Crippen MR) is 125 cm³/mol. The first-order chi connectivity index (χ1) is 16.3. The zero-order valence-corrected chi connectivity index (χ0v) is 19.9. The van der Waals surface area contributed by atoms with Gasteiger partial charge < -0.3 is 14.7 Å². The minimum Gasteiger partial charge on any atom is -0.355 e. The van der Waals surface area contributed by atoms with Crippen molar-refractivity contribution in [1.29, 1.82) is 0 Å². The first kappa shape index (κ1) is 22.1. The van der Waals surface area contributed by atoms with E-state index in [4.69, 9.17) is 9.51 Å². The third-order valence-corrected chi connectivity index (χ3v) is 6.11. The Balaban J connectivity index is 1.23. The Labute approximate surface area is 197 Å². The average Bonchev–Trinajstić information content (AvgIpc) is 3.57. The zero-order chi connectivity index (χ0) is 23.9. The second kappa shape index (κ2) is 8.54. The quantitative estimate of drug-likeness (QED) is 0.479. The van der Waals surface area contributed by atoms with Crippen molar-refractivity contribution >= 4 is 17.2 Å². The lowest BCUT2D eigenvalue weighted by atomic mass is 9.96. The van der Waals surface area contributed by atoms with Crippen molar-refractivity contribution in [3.8, 4) is 11.3 Å². The number of aryl methyl sites for hydroxylation is 1. The molecule has 1 saturated heterocycles. The molecule has 0 aromatic carbocycles. The lowest BCUT2D eigenvalue weighted by Gasteiger charge is -2.33. The van der Waals surface area contributed by atoms with Crippen LogP contribution >= 0.6 is 0 Å². The molecule has 0 atom stereocenters. The molecule has 4 aromatic heterocycles. The molecular weight excluding hydrogens is 434 g/mol. The molecule has 1 amide bonds. The lowest BCUT2D eigenvalue weighted by Crippen LogP contribution is -2.39. The molecule has 0 saturated carbocycles. The summed E-state index contributed by atoms with van der Waals surface area (Å²) in [4.78, 5) is 24.0. The average molecular weight is 464 g/mol. The van der Waals surface area contributed by atoms with E-state index < -0.39 is 0 Å². The Kier molecular flexibility index (Phi) is 5.54. The molecule has 1 aliphatic rings. The molecule has 1 N–H and O–H groups in total. The number of hydrogen-bond acceptors (Lipinski definition) is 8. The molecule has 34 heavy (non-hydrogen) atoms. The van der Waals surface area contributed by atoms with Gasteiger partial charge in [0.25, 0.3) is 11.7 Å². The molecule has 5 rings (SSSR count). The molecule has 0 bridgehead atoms. The standard InChI is InChI=1S/C23H29N9O2/c1-23(2,3)22-28-19(29-34-22)21(33)24-11-15-6-9-31(10-7-15)20-18-5-8-25-32(18)14-17(27-20)16-12-26-30(4)13-16/h5,8,12-15H,6-7,9-11H2,1-4H3,(H,24,33). The fraction of sp³-hybridized carbons (Fsp3) is 0.478. The van der Waals surface area contributed by atoms with Crippen molar-refractivity contribution in [1.82, 2.24) is 39.8 Å². The van der Waals surface area contributed by atoms with Crippen LogP contribution in [-0.2, 0) is 12.5 Å². The zero-order valence-electron chi connectivity index (χ0n) is 19.9. The van der Waals surface area contributed by atoms with Crippen LogP contribution < -0.4 is 10.2 Å². The molecular formula is C23H29N9O2. The molecule has 5 heterocycles. The Hall–Kier alpha value is -3.76. The highest BCUT2D eigenvalue weighted by molar-refractivity contribution is 5.90. The molecule has 0 aliphatic carbocycles. The number of carbonyl (C=O) groups excluding carboxylic acids is 1. The second-order valence-corrected chi connectivity index (χ2v) is 9.83. The monoisotopic (exact) mass is 463 g/mol. The summed E-state index contributed by atoms with van der Waals surface area (Å²) < 4.78 is 8.86. The molecule has 178 valence electrons. The minimum atomic E-state index is -0.298. The van der Waals surface area contributed by atoms with E-state index in [-0.39, 0.29) is 17.1 Å². The largest absolute Gasteiger partial charge is 0.355 e. The molecule has 0 unspecified atom stereocenters. The predicted octanol–water partition coefficient (Wildman–Crippen LogP) is 2.46. The third kappa shape index (κ3) is 4.37. The molecule has 4 aromatic rings. The second-order valence-electron chi connectivity index (χ2n) is 9.83. The van der Waals surface area contributed by atoms with Crippen molar-refractivity contribution in [3.05, 3.63) is 42.6 Å². The summed E-state index contributed by atoms with van der Waals surface area (Å²) in [6.07, 6.45) is 9.37. The molecule has 11 nitrogen and oxygen atoms in total. The molecule has 0 radical (unpaired) electrons. The Bertz CT molecular complexity index is 1310. The van der Waals surface area contributed by atoms with Crippen molar-refractivity contribution in [2.75, 3.05) is 24.5 Å². The summed E-state index contributed by atoms with van der Waals surface area (Å²) in [7, 11) is 1.89. The first-order valence-corrected chi connectivity index (χ1v) is 11.5. The summed E-state index contributed by atoms with van der Waals surface area (Å²) in [5, 5.41) is 15.5. The van der Waals surface area contributed by atoms with Gasteiger partial charge in [-0.15, -0.1) is 0 Å². The van der Waals surface area contributed by atoms with Crippen LogP contribution in [0.5, 0.6) is 0 Å². The number of hydrogen-bond donors (Lipinski definition) is 1. The van der Waals surface area contributed by atoms with Gasteiger partial charge >= 0.3 is 0 Å². The van der Waals surface area contributed by atoms with Crippen LogP contribution in [0.1, 0.15) is 50.1 Å². The highest BCUT2D eigenvalue weighted by atomic mass is 16.5. The summed E-state index contributed by atoms with van der Waals surface area (Å²) in [5.41, 5.74) is 2.48. The smallest absolute Gasteiger partial charge is 0.292 e. The van der Waals surface area contributed by atoms with Crippen LogP contribution in [0.4, 0.5) is 5.82 Å². The van der Waals surface area contributed by atoms with Gasteiger partial charge in [0.15, 0.2) is 5.82 Å². The third-order valence-electron chi connectivity index (χ3n) is 6.11. The topological polar surface area (TPSA) is 119 Å². The maximum atomic E-state index is 12.5. The number of anilines is 1. The number of carbonyl (C=O) groups is 1. The maximum Gasteiger partial charge on any atom is 0.292 e. The molecule has 11 heteroatoms. The highest BCUT2D eigenvalue weighted by Crippen LogP contribution is 2.28. The Morgan fingerprint density at radius 3 is 2.65 bits per heavy atom. The van der Waals surface area contributed by atoms with Crippen LogP contribution in [0.25, 0.3) is 16.8 Å². The van der Waals surface area contributed by atoms with Crippen molar-refractivity contribution in [2.24, 2.45) is 13.0 Å². The summed E-state index contributed by atoms with van der Waals surface area (Å²) >= 11 is 0. The summed E-state index contributed by atoms with van der Waals surface area (Å²) in [6, 6.07) is 1.98. The molecule has 1 fully saturated rings. The number of nitrogens with zero attached hydrogens (tertiary/aromatic N) is 8. The van der Waals surface area contributed by atoms with Crippen LogP contribution in [0.3, 0.4) is 0 Å². The number of nitrogens with one attached hydrogen (secondary N) is 1. The van der Waals surface area contributed by atoms with E-state index in [1.807, 2.05) is 57.0 Å². The van der Waals surface area contributed by atoms with Gasteiger partial charge in [0, 0.05) is 43.9 Å². The first-order valence-electron chi connectivity index (χ1n) is 11.5. The number of aromatic nitrogens is 7. The van der Waals surface area contributed by atoms with Gasteiger partial charge in [-0.1, -0.05) is 25.9 Å². The van der Waals surface area contributed by atoms with E-state index in [0.717, 1.165) is 48.5 Å². The SMILES string of the molecule is Cn1cc(-c2cn3nccc3c(N3CCC(CNC(=O)c4noc(C(C)(C)C)n4)CC3)n2)cn1. The van der Waals surface area contributed by atoms with Gasteiger partial charge in [-0.2, -0.15) is 15.2 Å². The highest BCUT2D eigenvalue weighted by Gasteiger charge is 2.26. The van der Waals surface area contributed by atoms with Gasteiger partial charge in [-0.05, 0) is 24.8 Å². The van der Waals surface area contributed by atoms with E-state index in [1.165, 1.54) is 0 Å². The number of amides is 1. The van der Waals surface area contributed by atoms with Crippen LogP contribution in [-0.4, -0.2) is 60.1 Å².